The van der Waals surface area contributed by atoms with Crippen molar-refractivity contribution in [2.24, 2.45) is 0 Å². The summed E-state index contributed by atoms with van der Waals surface area (Å²) in [5.41, 5.74) is 0.828. The van der Waals surface area contributed by atoms with Crippen LogP contribution in [-0.2, 0) is 6.42 Å². The van der Waals surface area contributed by atoms with Crippen molar-refractivity contribution in [2.45, 2.75) is 12.5 Å². The number of aliphatic hydroxyl groups is 1. The lowest BCUT2D eigenvalue weighted by Gasteiger charge is -2.05. The standard InChI is InChI=1S/C9H9BrN2OS/c10-9-2-1-7(14-9)3-8(13)6-4-11-12-5-6/h1-2,4-5,8,13H,3H2,(H,11,12). The Bertz CT molecular complexity index is 399. The van der Waals surface area contributed by atoms with Crippen molar-refractivity contribution in [3.05, 3.63) is 38.8 Å². The minimum Gasteiger partial charge on any atom is -0.388 e. The van der Waals surface area contributed by atoms with Crippen LogP contribution in [0.5, 0.6) is 0 Å². The highest BCUT2D eigenvalue weighted by atomic mass is 79.9. The Balaban J connectivity index is 2.05. The highest BCUT2D eigenvalue weighted by Crippen LogP contribution is 2.26. The van der Waals surface area contributed by atoms with Crippen molar-refractivity contribution in [1.82, 2.24) is 10.2 Å². The van der Waals surface area contributed by atoms with Gasteiger partial charge in [0.05, 0.1) is 16.1 Å². The summed E-state index contributed by atoms with van der Waals surface area (Å²) in [6.07, 6.45) is 3.52. The minimum absolute atomic E-state index is 0.473. The second-order valence-corrected chi connectivity index (χ2v) is 5.50. The van der Waals surface area contributed by atoms with E-state index in [2.05, 4.69) is 26.1 Å². The molecule has 3 nitrogen and oxygen atoms in total. The van der Waals surface area contributed by atoms with Gasteiger partial charge in [-0.1, -0.05) is 0 Å². The molecule has 0 amide bonds. The SMILES string of the molecule is OC(Cc1ccc(Br)s1)c1cn[nH]c1. The van der Waals surface area contributed by atoms with Gasteiger partial charge in [-0.25, -0.2) is 0 Å². The molecule has 0 aliphatic carbocycles. The Kier molecular flexibility index (Phi) is 3.00. The lowest BCUT2D eigenvalue weighted by atomic mass is 10.1. The quantitative estimate of drug-likeness (QED) is 0.902. The zero-order valence-electron chi connectivity index (χ0n) is 7.27. The first-order chi connectivity index (χ1) is 6.75. The molecule has 0 fully saturated rings. The first-order valence-corrected chi connectivity index (χ1v) is 5.77. The summed E-state index contributed by atoms with van der Waals surface area (Å²) >= 11 is 5.03. The van der Waals surface area contributed by atoms with Gasteiger partial charge in [-0.2, -0.15) is 5.10 Å². The zero-order valence-corrected chi connectivity index (χ0v) is 9.68. The summed E-state index contributed by atoms with van der Waals surface area (Å²) in [4.78, 5) is 1.16. The van der Waals surface area contributed by atoms with Gasteiger partial charge in [0.2, 0.25) is 0 Å². The van der Waals surface area contributed by atoms with E-state index in [0.717, 1.165) is 14.2 Å². The topological polar surface area (TPSA) is 48.9 Å². The molecule has 2 aromatic rings. The molecule has 1 atom stereocenters. The van der Waals surface area contributed by atoms with E-state index < -0.39 is 6.10 Å². The van der Waals surface area contributed by atoms with Crippen LogP contribution < -0.4 is 0 Å². The maximum Gasteiger partial charge on any atom is 0.0868 e. The smallest absolute Gasteiger partial charge is 0.0868 e. The van der Waals surface area contributed by atoms with Gasteiger partial charge in [0.25, 0.3) is 0 Å². The molecular formula is C9H9BrN2OS. The van der Waals surface area contributed by atoms with Gasteiger partial charge in [-0.05, 0) is 28.1 Å². The monoisotopic (exact) mass is 272 g/mol. The van der Waals surface area contributed by atoms with Gasteiger partial charge in [0.1, 0.15) is 0 Å². The first kappa shape index (κ1) is 9.89. The third-order valence-corrected chi connectivity index (χ3v) is 3.57. The molecule has 2 aromatic heterocycles. The van der Waals surface area contributed by atoms with Crippen LogP contribution in [-0.4, -0.2) is 15.3 Å². The van der Waals surface area contributed by atoms with E-state index >= 15 is 0 Å². The molecule has 0 spiro atoms. The maximum absolute atomic E-state index is 9.80. The van der Waals surface area contributed by atoms with E-state index in [4.69, 9.17) is 0 Å². The normalized spacial score (nSPS) is 13.0. The third-order valence-electron chi connectivity index (χ3n) is 1.93. The Morgan fingerprint density at radius 2 is 2.43 bits per heavy atom. The minimum atomic E-state index is -0.473. The fourth-order valence-electron chi connectivity index (χ4n) is 1.21. The maximum atomic E-state index is 9.80. The van der Waals surface area contributed by atoms with E-state index in [0.29, 0.717) is 6.42 Å². The molecule has 2 heterocycles. The van der Waals surface area contributed by atoms with Crippen LogP contribution in [0.3, 0.4) is 0 Å². The summed E-state index contributed by atoms with van der Waals surface area (Å²) in [6, 6.07) is 4.00. The molecule has 2 N–H and O–H groups in total. The van der Waals surface area contributed by atoms with Crippen LogP contribution in [0.25, 0.3) is 0 Å². The van der Waals surface area contributed by atoms with E-state index in [-0.39, 0.29) is 0 Å². The predicted molar refractivity (Wildman–Crippen MR) is 59.3 cm³/mol. The molecule has 2 rings (SSSR count). The van der Waals surface area contributed by atoms with Crippen molar-refractivity contribution in [3.63, 3.8) is 0 Å². The van der Waals surface area contributed by atoms with Crippen molar-refractivity contribution in [3.8, 4) is 0 Å². The zero-order chi connectivity index (χ0) is 9.97. The molecule has 0 aliphatic rings. The van der Waals surface area contributed by atoms with Crippen LogP contribution in [0.2, 0.25) is 0 Å². The fourth-order valence-corrected chi connectivity index (χ4v) is 2.73. The Morgan fingerprint density at radius 1 is 1.57 bits per heavy atom. The number of halogens is 1. The van der Waals surface area contributed by atoms with E-state index in [9.17, 15) is 5.11 Å². The van der Waals surface area contributed by atoms with Gasteiger partial charge >= 0.3 is 0 Å². The molecule has 0 aliphatic heterocycles. The number of aliphatic hydroxyl groups excluding tert-OH is 1. The van der Waals surface area contributed by atoms with Crippen LogP contribution in [0, 0.1) is 0 Å². The van der Waals surface area contributed by atoms with Crippen LogP contribution in [0.4, 0.5) is 0 Å². The summed E-state index contributed by atoms with van der Waals surface area (Å²) < 4.78 is 1.09. The number of rotatable bonds is 3. The van der Waals surface area contributed by atoms with Gasteiger partial charge in [-0.3, -0.25) is 5.10 Å². The average Bonchev–Trinajstić information content (AvgIpc) is 2.75. The molecule has 1 unspecified atom stereocenters. The highest BCUT2D eigenvalue weighted by molar-refractivity contribution is 9.11. The van der Waals surface area contributed by atoms with E-state index in [1.54, 1.807) is 23.7 Å². The lowest BCUT2D eigenvalue weighted by molar-refractivity contribution is 0.179. The van der Waals surface area contributed by atoms with Crippen molar-refractivity contribution >= 4 is 27.3 Å². The number of H-pyrrole nitrogens is 1. The summed E-state index contributed by atoms with van der Waals surface area (Å²) in [5.74, 6) is 0. The number of nitrogens with zero attached hydrogens (tertiary/aromatic N) is 1. The second kappa shape index (κ2) is 4.25. The summed E-state index contributed by atoms with van der Waals surface area (Å²) in [6.45, 7) is 0. The Hall–Kier alpha value is -0.650. The number of aromatic nitrogens is 2. The Morgan fingerprint density at radius 3 is 3.00 bits per heavy atom. The Labute approximate surface area is 93.9 Å². The third kappa shape index (κ3) is 2.23. The number of nitrogens with one attached hydrogen (secondary N) is 1. The van der Waals surface area contributed by atoms with Gasteiger partial charge in [0.15, 0.2) is 0 Å². The molecular weight excluding hydrogens is 264 g/mol. The molecule has 0 bridgehead atoms. The number of hydrogen-bond acceptors (Lipinski definition) is 3. The van der Waals surface area contributed by atoms with Crippen molar-refractivity contribution in [1.29, 1.82) is 0 Å². The second-order valence-electron chi connectivity index (χ2n) is 2.96. The molecule has 5 heteroatoms. The lowest BCUT2D eigenvalue weighted by Crippen LogP contribution is -1.98. The van der Waals surface area contributed by atoms with Crippen LogP contribution in [0.1, 0.15) is 16.5 Å². The molecule has 0 saturated heterocycles. The van der Waals surface area contributed by atoms with Crippen LogP contribution >= 0.6 is 27.3 Å². The summed E-state index contributed by atoms with van der Waals surface area (Å²) in [7, 11) is 0. The summed E-state index contributed by atoms with van der Waals surface area (Å²) in [5, 5.41) is 16.3. The molecule has 14 heavy (non-hydrogen) atoms. The fraction of sp³-hybridized carbons (Fsp3) is 0.222. The van der Waals surface area contributed by atoms with Crippen LogP contribution in [0.15, 0.2) is 28.3 Å². The average molecular weight is 273 g/mol. The number of aromatic amines is 1. The van der Waals surface area contributed by atoms with Gasteiger partial charge < -0.3 is 5.11 Å². The molecule has 74 valence electrons. The number of thiophene rings is 1. The van der Waals surface area contributed by atoms with Crippen molar-refractivity contribution < 1.29 is 5.11 Å². The molecule has 0 radical (unpaired) electrons. The van der Waals surface area contributed by atoms with Crippen molar-refractivity contribution in [2.75, 3.05) is 0 Å². The molecule has 0 aromatic carbocycles. The van der Waals surface area contributed by atoms with Gasteiger partial charge in [-0.15, -0.1) is 11.3 Å². The highest BCUT2D eigenvalue weighted by Gasteiger charge is 2.10. The largest absolute Gasteiger partial charge is 0.388 e. The van der Waals surface area contributed by atoms with E-state index in [1.165, 1.54) is 0 Å². The predicted octanol–water partition coefficient (Wildman–Crippen LogP) is 2.51. The number of hydrogen-bond donors (Lipinski definition) is 2. The first-order valence-electron chi connectivity index (χ1n) is 4.16. The van der Waals surface area contributed by atoms with E-state index in [1.807, 2.05) is 12.1 Å². The molecule has 0 saturated carbocycles. The van der Waals surface area contributed by atoms with Gasteiger partial charge in [0, 0.05) is 23.1 Å².